The topological polar surface area (TPSA) is 45.7 Å². The molecule has 5 heteroatoms. The predicted molar refractivity (Wildman–Crippen MR) is 49.8 cm³/mol. The Labute approximate surface area is 72.0 Å². The van der Waals surface area contributed by atoms with Crippen LogP contribution in [0, 0.1) is 0 Å². The molecule has 64 valence electrons. The van der Waals surface area contributed by atoms with E-state index in [0.717, 1.165) is 0 Å². The minimum atomic E-state index is 0.00200. The van der Waals surface area contributed by atoms with Gasteiger partial charge in [0.1, 0.15) is 0 Å². The Kier molecular flexibility index (Phi) is 5.68. The number of ether oxygens (including phenoxy) is 1. The smallest absolute Gasteiger partial charge is 0.186 e. The maximum Gasteiger partial charge on any atom is 0.186 e. The van der Waals surface area contributed by atoms with E-state index < -0.39 is 0 Å². The Morgan fingerprint density at radius 3 is 2.82 bits per heavy atom. The van der Waals surface area contributed by atoms with Crippen molar-refractivity contribution >= 4 is 23.5 Å². The molecule has 0 radical (unpaired) electrons. The van der Waals surface area contributed by atoms with Crippen LogP contribution in [0.1, 0.15) is 6.92 Å². The lowest BCUT2D eigenvalue weighted by Crippen LogP contribution is -2.29. The molecule has 1 unspecified atom stereocenters. The van der Waals surface area contributed by atoms with Gasteiger partial charge in [0.2, 0.25) is 0 Å². The highest BCUT2D eigenvalue weighted by Gasteiger charge is 1.91. The van der Waals surface area contributed by atoms with Crippen molar-refractivity contribution in [3.63, 3.8) is 0 Å². The SMILES string of the molecule is CNC(=S)N/N=C/C(C)OC. The molecular formula is C6H13N3OS. The summed E-state index contributed by atoms with van der Waals surface area (Å²) in [5.74, 6) is 0. The summed E-state index contributed by atoms with van der Waals surface area (Å²) in [6.45, 7) is 1.88. The summed E-state index contributed by atoms with van der Waals surface area (Å²) in [5, 5.41) is 7.02. The molecule has 0 aliphatic rings. The van der Waals surface area contributed by atoms with E-state index in [-0.39, 0.29) is 6.10 Å². The Hall–Kier alpha value is -0.680. The second-order valence-corrected chi connectivity index (χ2v) is 2.32. The first-order chi connectivity index (χ1) is 5.20. The van der Waals surface area contributed by atoms with E-state index in [4.69, 9.17) is 17.0 Å². The number of nitrogens with one attached hydrogen (secondary N) is 2. The van der Waals surface area contributed by atoms with Gasteiger partial charge in [-0.15, -0.1) is 0 Å². The van der Waals surface area contributed by atoms with Gasteiger partial charge in [0.05, 0.1) is 12.3 Å². The molecule has 0 rings (SSSR count). The molecular weight excluding hydrogens is 162 g/mol. The van der Waals surface area contributed by atoms with E-state index in [1.807, 2.05) is 6.92 Å². The maximum atomic E-state index is 4.91. The molecule has 0 spiro atoms. The van der Waals surface area contributed by atoms with Crippen molar-refractivity contribution in [3.05, 3.63) is 0 Å². The van der Waals surface area contributed by atoms with Crippen LogP contribution in [0.2, 0.25) is 0 Å². The Morgan fingerprint density at radius 1 is 1.73 bits per heavy atom. The molecule has 1 atom stereocenters. The highest BCUT2D eigenvalue weighted by atomic mass is 32.1. The number of thiocarbonyl (C=S) groups is 1. The molecule has 2 N–H and O–H groups in total. The lowest BCUT2D eigenvalue weighted by Gasteiger charge is -2.02. The molecule has 0 aliphatic carbocycles. The van der Waals surface area contributed by atoms with Crippen LogP contribution in [0.4, 0.5) is 0 Å². The summed E-state index contributed by atoms with van der Waals surface area (Å²) in [4.78, 5) is 0. The molecule has 4 nitrogen and oxygen atoms in total. The minimum absolute atomic E-state index is 0.00200. The fourth-order valence-electron chi connectivity index (χ4n) is 0.318. The van der Waals surface area contributed by atoms with Gasteiger partial charge in [0.15, 0.2) is 5.11 Å². The van der Waals surface area contributed by atoms with Crippen molar-refractivity contribution in [2.24, 2.45) is 5.10 Å². The summed E-state index contributed by atoms with van der Waals surface area (Å²) >= 11 is 4.77. The van der Waals surface area contributed by atoms with Crippen LogP contribution in [-0.4, -0.2) is 31.6 Å². The number of hydrogen-bond donors (Lipinski definition) is 2. The van der Waals surface area contributed by atoms with Crippen molar-refractivity contribution in [3.8, 4) is 0 Å². The molecule has 0 saturated heterocycles. The molecule has 0 aromatic carbocycles. The third kappa shape index (κ3) is 5.75. The number of hydrazone groups is 1. The fourth-order valence-corrected chi connectivity index (χ4v) is 0.370. The summed E-state index contributed by atoms with van der Waals surface area (Å²) in [6.07, 6.45) is 1.63. The van der Waals surface area contributed by atoms with Crippen LogP contribution < -0.4 is 10.7 Å². The van der Waals surface area contributed by atoms with Crippen LogP contribution in [0.15, 0.2) is 5.10 Å². The van der Waals surface area contributed by atoms with E-state index >= 15 is 0 Å². The average molecular weight is 175 g/mol. The van der Waals surface area contributed by atoms with E-state index in [2.05, 4.69) is 15.8 Å². The average Bonchev–Trinajstić information content (AvgIpc) is 2.04. The summed E-state index contributed by atoms with van der Waals surface area (Å²) in [5.41, 5.74) is 2.61. The van der Waals surface area contributed by atoms with Gasteiger partial charge in [0, 0.05) is 14.2 Å². The van der Waals surface area contributed by atoms with Gasteiger partial charge in [-0.1, -0.05) is 0 Å². The van der Waals surface area contributed by atoms with Gasteiger partial charge in [-0.2, -0.15) is 5.10 Å². The quantitative estimate of drug-likeness (QED) is 0.363. The zero-order valence-electron chi connectivity index (χ0n) is 6.92. The van der Waals surface area contributed by atoms with Crippen molar-refractivity contribution in [2.75, 3.05) is 14.2 Å². The molecule has 0 fully saturated rings. The molecule has 0 aliphatic heterocycles. The van der Waals surface area contributed by atoms with E-state index in [9.17, 15) is 0 Å². The Morgan fingerprint density at radius 2 is 2.36 bits per heavy atom. The van der Waals surface area contributed by atoms with Gasteiger partial charge in [-0.05, 0) is 19.1 Å². The third-order valence-corrected chi connectivity index (χ3v) is 1.34. The van der Waals surface area contributed by atoms with Crippen LogP contribution >= 0.6 is 12.2 Å². The van der Waals surface area contributed by atoms with Crippen LogP contribution in [0.5, 0.6) is 0 Å². The maximum absolute atomic E-state index is 4.91. The van der Waals surface area contributed by atoms with Crippen molar-refractivity contribution in [2.45, 2.75) is 13.0 Å². The summed E-state index contributed by atoms with van der Waals surface area (Å²) < 4.78 is 4.91. The molecule has 0 amide bonds. The van der Waals surface area contributed by atoms with Gasteiger partial charge in [0.25, 0.3) is 0 Å². The number of methoxy groups -OCH3 is 1. The standard InChI is InChI=1S/C6H13N3OS/c1-5(10-3)4-8-9-6(11)7-2/h4-5H,1-3H3,(H2,7,9,11)/b8-4+. The summed E-state index contributed by atoms with van der Waals surface area (Å²) in [7, 11) is 3.34. The molecule has 11 heavy (non-hydrogen) atoms. The van der Waals surface area contributed by atoms with Crippen molar-refractivity contribution < 1.29 is 4.74 Å². The first-order valence-electron chi connectivity index (χ1n) is 3.24. The number of hydrogen-bond acceptors (Lipinski definition) is 3. The molecule has 0 heterocycles. The van der Waals surface area contributed by atoms with Crippen molar-refractivity contribution in [1.82, 2.24) is 10.7 Å². The lowest BCUT2D eigenvalue weighted by molar-refractivity contribution is 0.174. The fraction of sp³-hybridized carbons (Fsp3) is 0.667. The largest absolute Gasteiger partial charge is 0.376 e. The van der Waals surface area contributed by atoms with Gasteiger partial charge < -0.3 is 10.1 Å². The molecule has 0 aromatic rings. The van der Waals surface area contributed by atoms with Crippen LogP contribution in [-0.2, 0) is 4.74 Å². The Bertz CT molecular complexity index is 149. The van der Waals surface area contributed by atoms with E-state index in [1.54, 1.807) is 20.4 Å². The van der Waals surface area contributed by atoms with E-state index in [0.29, 0.717) is 5.11 Å². The van der Waals surface area contributed by atoms with E-state index in [1.165, 1.54) is 0 Å². The second-order valence-electron chi connectivity index (χ2n) is 1.91. The minimum Gasteiger partial charge on any atom is -0.376 e. The summed E-state index contributed by atoms with van der Waals surface area (Å²) in [6, 6.07) is 0. The zero-order valence-corrected chi connectivity index (χ0v) is 7.73. The Balaban J connectivity index is 3.51. The molecule has 0 aromatic heterocycles. The van der Waals surface area contributed by atoms with Gasteiger partial charge in [-0.3, -0.25) is 5.43 Å². The predicted octanol–water partition coefficient (Wildman–Crippen LogP) is 0.101. The lowest BCUT2D eigenvalue weighted by atomic mass is 10.5. The first kappa shape index (κ1) is 10.3. The third-order valence-electron chi connectivity index (χ3n) is 1.05. The zero-order chi connectivity index (χ0) is 8.69. The number of nitrogens with zero attached hydrogens (tertiary/aromatic N) is 1. The second kappa shape index (κ2) is 6.06. The first-order valence-corrected chi connectivity index (χ1v) is 3.65. The molecule has 0 bridgehead atoms. The van der Waals surface area contributed by atoms with Crippen LogP contribution in [0.25, 0.3) is 0 Å². The molecule has 0 saturated carbocycles. The normalized spacial score (nSPS) is 13.0. The van der Waals surface area contributed by atoms with Gasteiger partial charge in [-0.25, -0.2) is 0 Å². The van der Waals surface area contributed by atoms with Crippen molar-refractivity contribution in [1.29, 1.82) is 0 Å². The monoisotopic (exact) mass is 175 g/mol. The van der Waals surface area contributed by atoms with Crippen LogP contribution in [0.3, 0.4) is 0 Å². The number of rotatable bonds is 3. The van der Waals surface area contributed by atoms with Gasteiger partial charge >= 0.3 is 0 Å². The highest BCUT2D eigenvalue weighted by molar-refractivity contribution is 7.80. The highest BCUT2D eigenvalue weighted by Crippen LogP contribution is 1.79.